The molecule has 10 heteroatoms. The lowest BCUT2D eigenvalue weighted by atomic mass is 10.2. The first-order valence-electron chi connectivity index (χ1n) is 4.83. The minimum Gasteiger partial charge on any atom is -0.505 e. The summed E-state index contributed by atoms with van der Waals surface area (Å²) in [7, 11) is 0.818. The standard InChI is InChI=1S/C8H8F3N3O4/c1-18-6(16)5(2-4(15)3-13-12)14-7(17)8(9,10)11/h3,5H,2H2,1H3,(H-,14,15,17)/p+1/b4-3-/t5-/m0/s1/i2D/t2-,5-. The first-order chi connectivity index (χ1) is 8.65. The van der Waals surface area contributed by atoms with E-state index in [4.69, 9.17) is 11.9 Å². The van der Waals surface area contributed by atoms with Crippen LogP contribution in [-0.2, 0) is 14.3 Å². The number of aliphatic hydroxyl groups excluding tert-OH is 1. The van der Waals surface area contributed by atoms with Crippen molar-refractivity contribution in [3.63, 3.8) is 0 Å². The Kier molecular flexibility index (Phi) is 4.91. The summed E-state index contributed by atoms with van der Waals surface area (Å²) in [4.78, 5) is 24.2. The highest BCUT2D eigenvalue weighted by Crippen LogP contribution is 2.15. The molecule has 0 unspecified atom stereocenters. The van der Waals surface area contributed by atoms with Crippen molar-refractivity contribution < 1.29 is 34.0 Å². The average Bonchev–Trinajstić information content (AvgIpc) is 2.32. The molecule has 0 radical (unpaired) electrons. The number of aliphatic hydroxyl groups is 1. The molecule has 18 heavy (non-hydrogen) atoms. The van der Waals surface area contributed by atoms with Gasteiger partial charge in [0.2, 0.25) is 5.39 Å². The highest BCUT2D eigenvalue weighted by molar-refractivity contribution is 5.87. The van der Waals surface area contributed by atoms with Gasteiger partial charge in [0.1, 0.15) is 6.04 Å². The Morgan fingerprint density at radius 2 is 2.22 bits per heavy atom. The van der Waals surface area contributed by atoms with E-state index in [1.165, 1.54) is 5.32 Å². The molecule has 0 aliphatic carbocycles. The fourth-order valence-corrected chi connectivity index (χ4v) is 0.792. The van der Waals surface area contributed by atoms with Gasteiger partial charge in [-0.25, -0.2) is 4.79 Å². The van der Waals surface area contributed by atoms with Crippen LogP contribution in [0.15, 0.2) is 12.0 Å². The van der Waals surface area contributed by atoms with Crippen LogP contribution in [0.25, 0.3) is 4.98 Å². The summed E-state index contributed by atoms with van der Waals surface area (Å²) in [6.07, 6.45) is -6.98. The predicted molar refractivity (Wildman–Crippen MR) is 50.4 cm³/mol. The third-order valence-electron chi connectivity index (χ3n) is 1.53. The Balaban J connectivity index is 5.15. The van der Waals surface area contributed by atoms with Gasteiger partial charge in [-0.2, -0.15) is 13.2 Å². The lowest BCUT2D eigenvalue weighted by Gasteiger charge is -2.16. The Bertz CT molecular complexity index is 432. The molecule has 100 valence electrons. The lowest BCUT2D eigenvalue weighted by Crippen LogP contribution is -2.47. The number of ether oxygens (including phenoxy) is 1. The summed E-state index contributed by atoms with van der Waals surface area (Å²) in [5, 5.41) is 18.4. The molecule has 0 saturated carbocycles. The van der Waals surface area contributed by atoms with Crippen LogP contribution >= 0.6 is 0 Å². The van der Waals surface area contributed by atoms with Gasteiger partial charge in [-0.15, -0.1) is 0 Å². The molecule has 0 saturated heterocycles. The van der Waals surface area contributed by atoms with E-state index in [2.05, 4.69) is 9.71 Å². The van der Waals surface area contributed by atoms with Crippen LogP contribution in [0.3, 0.4) is 0 Å². The second-order valence-electron chi connectivity index (χ2n) is 2.81. The highest BCUT2D eigenvalue weighted by atomic mass is 19.4. The molecule has 0 bridgehead atoms. The van der Waals surface area contributed by atoms with Gasteiger partial charge < -0.3 is 15.2 Å². The van der Waals surface area contributed by atoms with E-state index in [0.717, 1.165) is 7.11 Å². The van der Waals surface area contributed by atoms with Gasteiger partial charge in [-0.3, -0.25) is 4.79 Å². The van der Waals surface area contributed by atoms with Crippen molar-refractivity contribution in [3.05, 3.63) is 16.9 Å². The molecule has 1 amide bonds. The van der Waals surface area contributed by atoms with Gasteiger partial charge in [-0.05, 0) is 0 Å². The molecule has 0 rings (SSSR count). The number of hydrogen-bond donors (Lipinski definition) is 2. The normalized spacial score (nSPS) is 15.9. The zero-order valence-electron chi connectivity index (χ0n) is 9.93. The van der Waals surface area contributed by atoms with E-state index in [9.17, 15) is 22.8 Å². The van der Waals surface area contributed by atoms with Crippen LogP contribution in [0.2, 0.25) is 0 Å². The molecule has 0 aromatic heterocycles. The van der Waals surface area contributed by atoms with E-state index in [0.29, 0.717) is 6.20 Å². The Hall–Kier alpha value is -2.31. The minimum absolute atomic E-state index is 0.327. The van der Waals surface area contributed by atoms with Crippen molar-refractivity contribution in [1.82, 2.24) is 5.32 Å². The topological polar surface area (TPSA) is 104 Å². The average molecular weight is 269 g/mol. The van der Waals surface area contributed by atoms with Gasteiger partial charge in [-0.1, -0.05) is 0 Å². The van der Waals surface area contributed by atoms with Gasteiger partial charge in [0.15, 0.2) is 10.7 Å². The zero-order valence-corrected chi connectivity index (χ0v) is 8.93. The number of methoxy groups -OCH3 is 1. The maximum atomic E-state index is 12.0. The number of carbonyl (C=O) groups is 2. The smallest absolute Gasteiger partial charge is 0.471 e. The van der Waals surface area contributed by atoms with Crippen molar-refractivity contribution in [1.29, 1.82) is 5.39 Å². The van der Waals surface area contributed by atoms with Crippen LogP contribution in [0.1, 0.15) is 7.77 Å². The second kappa shape index (κ2) is 6.43. The molecular weight excluding hydrogens is 259 g/mol. The summed E-state index contributed by atoms with van der Waals surface area (Å²) in [5.41, 5.74) is 0. The summed E-state index contributed by atoms with van der Waals surface area (Å²) >= 11 is 0. The van der Waals surface area contributed by atoms with Crippen LogP contribution in [0.4, 0.5) is 13.2 Å². The van der Waals surface area contributed by atoms with Crippen molar-refractivity contribution in [2.45, 2.75) is 18.6 Å². The number of diazo groups is 1. The first kappa shape index (κ1) is 13.8. The summed E-state index contributed by atoms with van der Waals surface area (Å²) in [6, 6.07) is -2.11. The third-order valence-corrected chi connectivity index (χ3v) is 1.53. The fourth-order valence-electron chi connectivity index (χ4n) is 0.792. The van der Waals surface area contributed by atoms with E-state index in [1.54, 1.807) is 0 Å². The number of hydrogen-bond acceptors (Lipinski definition) is 5. The predicted octanol–water partition coefficient (Wildman–Crippen LogP) is 0.849. The number of nitrogens with one attached hydrogen (secondary N) is 1. The number of esters is 1. The number of alkyl halides is 3. The quantitative estimate of drug-likeness (QED) is 0.447. The number of nitrogens with zero attached hydrogens (tertiary/aromatic N) is 2. The third kappa shape index (κ3) is 5.15. The molecule has 0 heterocycles. The molecule has 0 aliphatic rings. The van der Waals surface area contributed by atoms with Crippen molar-refractivity contribution in [2.75, 3.05) is 7.11 Å². The maximum absolute atomic E-state index is 12.0. The zero-order chi connectivity index (χ0) is 15.2. The Morgan fingerprint density at radius 3 is 2.61 bits per heavy atom. The number of amides is 1. The SMILES string of the molecule is [2H][C@@H](/C(O)=C/[N+]#N)[C@H](NC(=O)C(F)(F)F)C(=O)OC. The number of rotatable bonds is 4. The highest BCUT2D eigenvalue weighted by Gasteiger charge is 2.41. The van der Waals surface area contributed by atoms with Crippen LogP contribution in [-0.4, -0.2) is 36.3 Å². The number of halogens is 3. The molecular formula is C8H9F3N3O4+. The van der Waals surface area contributed by atoms with E-state index in [1.807, 2.05) is 0 Å². The monoisotopic (exact) mass is 269 g/mol. The molecule has 2 atom stereocenters. The molecule has 0 aromatic carbocycles. The van der Waals surface area contributed by atoms with Gasteiger partial charge in [0.05, 0.1) is 7.11 Å². The van der Waals surface area contributed by atoms with Gasteiger partial charge in [0.25, 0.3) is 0 Å². The van der Waals surface area contributed by atoms with Gasteiger partial charge >= 0.3 is 24.3 Å². The Labute approximate surface area is 100 Å². The van der Waals surface area contributed by atoms with Crippen molar-refractivity contribution in [3.8, 4) is 0 Å². The molecule has 0 aliphatic heterocycles. The first-order valence-corrected chi connectivity index (χ1v) is 4.26. The van der Waals surface area contributed by atoms with Crippen molar-refractivity contribution in [2.24, 2.45) is 0 Å². The summed E-state index contributed by atoms with van der Waals surface area (Å²) < 4.78 is 47.5. The molecule has 7 nitrogen and oxygen atoms in total. The largest absolute Gasteiger partial charge is 0.505 e. The maximum Gasteiger partial charge on any atom is 0.471 e. The fraction of sp³-hybridized carbons (Fsp3) is 0.500. The molecule has 0 aromatic rings. The summed E-state index contributed by atoms with van der Waals surface area (Å²) in [5.74, 6) is -4.90. The van der Waals surface area contributed by atoms with E-state index < -0.39 is 36.3 Å². The van der Waals surface area contributed by atoms with Gasteiger partial charge in [0, 0.05) is 7.77 Å². The second-order valence-corrected chi connectivity index (χ2v) is 2.81. The molecule has 0 spiro atoms. The minimum atomic E-state index is -5.27. The molecule has 2 N–H and O–H groups in total. The van der Waals surface area contributed by atoms with Crippen LogP contribution < -0.4 is 5.32 Å². The number of carbonyl (C=O) groups excluding carboxylic acids is 2. The van der Waals surface area contributed by atoms with E-state index in [-0.39, 0.29) is 0 Å². The Morgan fingerprint density at radius 1 is 1.67 bits per heavy atom. The molecule has 0 fully saturated rings. The summed E-state index contributed by atoms with van der Waals surface area (Å²) in [6.45, 7) is 0. The van der Waals surface area contributed by atoms with Crippen LogP contribution in [0.5, 0.6) is 0 Å². The van der Waals surface area contributed by atoms with Crippen molar-refractivity contribution >= 4 is 11.9 Å². The van der Waals surface area contributed by atoms with E-state index >= 15 is 0 Å². The lowest BCUT2D eigenvalue weighted by molar-refractivity contribution is -0.175. The van der Waals surface area contributed by atoms with Crippen LogP contribution in [0, 0.1) is 5.39 Å².